The van der Waals surface area contributed by atoms with Crippen molar-refractivity contribution in [2.45, 2.75) is 50.0 Å². The van der Waals surface area contributed by atoms with Gasteiger partial charge in [-0.15, -0.1) is 0 Å². The molecule has 1 nitrogen and oxygen atoms in total. The monoisotopic (exact) mass is 202 g/mol. The van der Waals surface area contributed by atoms with Gasteiger partial charge in [-0.2, -0.15) is 0 Å². The lowest BCUT2D eigenvalue weighted by Gasteiger charge is -2.36. The van der Waals surface area contributed by atoms with E-state index >= 15 is 0 Å². The second-order valence-electron chi connectivity index (χ2n) is 4.70. The third-order valence-electron chi connectivity index (χ3n) is 3.40. The van der Waals surface area contributed by atoms with Crippen molar-refractivity contribution in [3.63, 3.8) is 0 Å². The highest BCUT2D eigenvalue weighted by atomic mass is 19.3. The van der Waals surface area contributed by atoms with Crippen molar-refractivity contribution in [1.29, 1.82) is 0 Å². The predicted molar refractivity (Wildman–Crippen MR) is 50.2 cm³/mol. The molecule has 1 atom stereocenters. The molecule has 0 heterocycles. The quantitative estimate of drug-likeness (QED) is 0.682. The molecule has 80 valence electrons. The molecule has 1 unspecified atom stereocenters. The van der Waals surface area contributed by atoms with E-state index in [1.807, 2.05) is 0 Å². The maximum Gasteiger partial charge on any atom is 0.266 e. The van der Waals surface area contributed by atoms with Gasteiger partial charge >= 0.3 is 0 Å². The Morgan fingerprint density at radius 2 is 1.93 bits per heavy atom. The summed E-state index contributed by atoms with van der Waals surface area (Å²) in [7, 11) is 0. The molecule has 14 heavy (non-hydrogen) atoms. The minimum atomic E-state index is -2.70. The first-order valence-electron chi connectivity index (χ1n) is 5.30. The van der Waals surface area contributed by atoms with Crippen LogP contribution in [0.15, 0.2) is 12.2 Å². The van der Waals surface area contributed by atoms with Crippen LogP contribution in [0.2, 0.25) is 0 Å². The van der Waals surface area contributed by atoms with Gasteiger partial charge in [0, 0.05) is 6.42 Å². The number of alkyl halides is 2. The molecule has 0 spiro atoms. The van der Waals surface area contributed by atoms with Crippen molar-refractivity contribution in [3.05, 3.63) is 12.2 Å². The lowest BCUT2D eigenvalue weighted by Crippen LogP contribution is -2.36. The lowest BCUT2D eigenvalue weighted by molar-refractivity contribution is -0.0262. The van der Waals surface area contributed by atoms with E-state index in [1.165, 1.54) is 12.5 Å². The average molecular weight is 202 g/mol. The van der Waals surface area contributed by atoms with E-state index in [0.29, 0.717) is 12.3 Å². The number of aliphatic hydroxyl groups is 1. The highest BCUT2D eigenvalue weighted by Crippen LogP contribution is 2.40. The molecule has 0 amide bonds. The lowest BCUT2D eigenvalue weighted by atomic mass is 9.74. The van der Waals surface area contributed by atoms with Gasteiger partial charge in [0.1, 0.15) is 0 Å². The molecule has 0 radical (unpaired) electrons. The Kier molecular flexibility index (Phi) is 2.38. The molecule has 3 heteroatoms. The molecule has 0 aromatic carbocycles. The molecular weight excluding hydrogens is 186 g/mol. The summed E-state index contributed by atoms with van der Waals surface area (Å²) in [6, 6.07) is 0. The molecule has 0 aromatic heterocycles. The molecule has 1 N–H and O–H groups in total. The maximum absolute atomic E-state index is 12.8. The number of allylic oxidation sites excluding steroid dienone is 1. The predicted octanol–water partition coefficient (Wildman–Crippen LogP) is 2.89. The van der Waals surface area contributed by atoms with E-state index in [9.17, 15) is 13.9 Å². The number of hydrogen-bond donors (Lipinski definition) is 1. The molecule has 1 saturated carbocycles. The summed E-state index contributed by atoms with van der Waals surface area (Å²) in [6.07, 6.45) is 6.35. The van der Waals surface area contributed by atoms with Crippen molar-refractivity contribution in [1.82, 2.24) is 0 Å². The first kappa shape index (κ1) is 10.1. The van der Waals surface area contributed by atoms with Gasteiger partial charge in [0.25, 0.3) is 5.92 Å². The summed E-state index contributed by atoms with van der Waals surface area (Å²) in [6.45, 7) is 0. The summed E-state index contributed by atoms with van der Waals surface area (Å²) in [5.74, 6) is -2.15. The van der Waals surface area contributed by atoms with Crippen LogP contribution in [0.3, 0.4) is 0 Å². The third kappa shape index (κ3) is 2.14. The van der Waals surface area contributed by atoms with Crippen LogP contribution >= 0.6 is 0 Å². The molecule has 1 fully saturated rings. The fourth-order valence-corrected chi connectivity index (χ4v) is 2.19. The van der Waals surface area contributed by atoms with E-state index in [2.05, 4.69) is 0 Å². The number of halogens is 2. The SMILES string of the molecule is OC1(CC2CCC2)C=CC(F)(F)CC1. The molecule has 0 aliphatic heterocycles. The van der Waals surface area contributed by atoms with Crippen molar-refractivity contribution in [2.75, 3.05) is 0 Å². The molecular formula is C11H16F2O. The molecule has 0 aromatic rings. The first-order chi connectivity index (χ1) is 6.49. The highest BCUT2D eigenvalue weighted by Gasteiger charge is 2.39. The van der Waals surface area contributed by atoms with Crippen LogP contribution in [0.25, 0.3) is 0 Å². The molecule has 0 bridgehead atoms. The zero-order valence-corrected chi connectivity index (χ0v) is 8.18. The fourth-order valence-electron chi connectivity index (χ4n) is 2.19. The van der Waals surface area contributed by atoms with Crippen LogP contribution in [-0.2, 0) is 0 Å². The van der Waals surface area contributed by atoms with Crippen molar-refractivity contribution < 1.29 is 13.9 Å². The van der Waals surface area contributed by atoms with E-state index in [4.69, 9.17) is 0 Å². The summed E-state index contributed by atoms with van der Waals surface area (Å²) in [5.41, 5.74) is -0.952. The second-order valence-corrected chi connectivity index (χ2v) is 4.70. The van der Waals surface area contributed by atoms with Crippen LogP contribution in [0.1, 0.15) is 38.5 Å². The largest absolute Gasteiger partial charge is 0.386 e. The Morgan fingerprint density at radius 1 is 1.21 bits per heavy atom. The molecule has 2 aliphatic rings. The minimum absolute atomic E-state index is 0.201. The Balaban J connectivity index is 1.96. The van der Waals surface area contributed by atoms with E-state index in [0.717, 1.165) is 18.9 Å². The van der Waals surface area contributed by atoms with Crippen LogP contribution in [0.5, 0.6) is 0 Å². The fraction of sp³-hybridized carbons (Fsp3) is 0.818. The topological polar surface area (TPSA) is 20.2 Å². The summed E-state index contributed by atoms with van der Waals surface area (Å²) >= 11 is 0. The Bertz CT molecular complexity index is 246. The summed E-state index contributed by atoms with van der Waals surface area (Å²) < 4.78 is 25.6. The van der Waals surface area contributed by atoms with Crippen molar-refractivity contribution in [2.24, 2.45) is 5.92 Å². The Hall–Kier alpha value is -0.440. The summed E-state index contributed by atoms with van der Waals surface area (Å²) in [4.78, 5) is 0. The van der Waals surface area contributed by atoms with Gasteiger partial charge < -0.3 is 5.11 Å². The smallest absolute Gasteiger partial charge is 0.266 e. The number of rotatable bonds is 2. The molecule has 0 saturated heterocycles. The Morgan fingerprint density at radius 3 is 2.36 bits per heavy atom. The van der Waals surface area contributed by atoms with E-state index in [-0.39, 0.29) is 12.8 Å². The summed E-state index contributed by atoms with van der Waals surface area (Å²) in [5, 5.41) is 10.0. The van der Waals surface area contributed by atoms with Crippen molar-refractivity contribution in [3.8, 4) is 0 Å². The van der Waals surface area contributed by atoms with Crippen LogP contribution in [-0.4, -0.2) is 16.6 Å². The van der Waals surface area contributed by atoms with Gasteiger partial charge in [0.15, 0.2) is 0 Å². The maximum atomic E-state index is 12.8. The third-order valence-corrected chi connectivity index (χ3v) is 3.40. The second kappa shape index (κ2) is 3.30. The normalized spacial score (nSPS) is 36.8. The zero-order valence-electron chi connectivity index (χ0n) is 8.18. The Labute approximate surface area is 82.8 Å². The van der Waals surface area contributed by atoms with E-state index in [1.54, 1.807) is 0 Å². The van der Waals surface area contributed by atoms with Gasteiger partial charge in [-0.3, -0.25) is 0 Å². The van der Waals surface area contributed by atoms with Gasteiger partial charge in [-0.1, -0.05) is 25.3 Å². The average Bonchev–Trinajstić information content (AvgIpc) is 2.05. The standard InChI is InChI=1S/C11H16F2O/c12-11(13)6-4-10(14,5-7-11)8-9-2-1-3-9/h4,6,9,14H,1-3,5,7-8H2. The zero-order chi connectivity index (χ0) is 10.2. The van der Waals surface area contributed by atoms with E-state index < -0.39 is 11.5 Å². The highest BCUT2D eigenvalue weighted by molar-refractivity contribution is 5.12. The number of hydrogen-bond acceptors (Lipinski definition) is 1. The van der Waals surface area contributed by atoms with Gasteiger partial charge in [0.2, 0.25) is 0 Å². The molecule has 2 rings (SSSR count). The van der Waals surface area contributed by atoms with Crippen LogP contribution in [0, 0.1) is 5.92 Å². The van der Waals surface area contributed by atoms with Gasteiger partial charge in [-0.05, 0) is 24.8 Å². The van der Waals surface area contributed by atoms with Crippen LogP contribution < -0.4 is 0 Å². The molecule has 2 aliphatic carbocycles. The van der Waals surface area contributed by atoms with Crippen LogP contribution in [0.4, 0.5) is 8.78 Å². The van der Waals surface area contributed by atoms with Gasteiger partial charge in [0.05, 0.1) is 5.60 Å². The van der Waals surface area contributed by atoms with Gasteiger partial charge in [-0.25, -0.2) is 8.78 Å². The minimum Gasteiger partial charge on any atom is -0.386 e. The van der Waals surface area contributed by atoms with Crippen molar-refractivity contribution >= 4 is 0 Å². The first-order valence-corrected chi connectivity index (χ1v) is 5.30.